The van der Waals surface area contributed by atoms with Crippen LogP contribution in [0.25, 0.3) is 11.4 Å². The summed E-state index contributed by atoms with van der Waals surface area (Å²) in [6.07, 6.45) is 0.193. The summed E-state index contributed by atoms with van der Waals surface area (Å²) in [7, 11) is 0. The molecule has 3 aromatic rings. The van der Waals surface area contributed by atoms with Crippen LogP contribution in [0.15, 0.2) is 65.6 Å². The number of rotatable bonds is 3. The number of nitrogens with zero attached hydrogens (tertiary/aromatic N) is 2. The van der Waals surface area contributed by atoms with Crippen LogP contribution >= 0.6 is 0 Å². The van der Waals surface area contributed by atoms with Crippen LogP contribution in [0.4, 0.5) is 14.9 Å². The van der Waals surface area contributed by atoms with Crippen molar-refractivity contribution in [3.63, 3.8) is 0 Å². The van der Waals surface area contributed by atoms with Crippen LogP contribution in [0.1, 0.15) is 31.1 Å². The molecule has 0 radical (unpaired) electrons. The fraction of sp³-hybridized carbons (Fsp3) is 0.182. The number of hydrogen-bond donors (Lipinski definition) is 1. The molecule has 0 saturated carbocycles. The molecule has 0 aliphatic carbocycles. The highest BCUT2D eigenvalue weighted by Gasteiger charge is 2.24. The van der Waals surface area contributed by atoms with Crippen molar-refractivity contribution in [3.05, 3.63) is 82.5 Å². The first-order valence-corrected chi connectivity index (χ1v) is 9.13. The number of carbonyl (C=O) groups excluding carboxylic acids is 2. The Morgan fingerprint density at radius 1 is 1.03 bits per heavy atom. The molecule has 0 atom stereocenters. The first-order chi connectivity index (χ1) is 14.2. The maximum atomic E-state index is 13.3. The molecule has 0 aliphatic rings. The van der Waals surface area contributed by atoms with E-state index < -0.39 is 29.0 Å². The van der Waals surface area contributed by atoms with Gasteiger partial charge in [-0.15, -0.1) is 0 Å². The number of nitrogens with one attached hydrogen (secondary N) is 1. The lowest BCUT2D eigenvalue weighted by Crippen LogP contribution is -2.36. The number of hydrogen-bond acceptors (Lipinski definition) is 5. The number of aromatic nitrogens is 2. The summed E-state index contributed by atoms with van der Waals surface area (Å²) in [4.78, 5) is 42.4. The van der Waals surface area contributed by atoms with Gasteiger partial charge in [-0.3, -0.25) is 9.59 Å². The van der Waals surface area contributed by atoms with E-state index in [9.17, 15) is 18.8 Å². The Labute approximate surface area is 172 Å². The minimum absolute atomic E-state index is 0.0352. The molecule has 7 nitrogen and oxygen atoms in total. The number of anilines is 1. The van der Waals surface area contributed by atoms with Gasteiger partial charge < -0.3 is 10.1 Å². The molecule has 0 spiro atoms. The fourth-order valence-electron chi connectivity index (χ4n) is 2.60. The molecule has 1 amide bonds. The Morgan fingerprint density at radius 2 is 1.67 bits per heavy atom. The highest BCUT2D eigenvalue weighted by molar-refractivity contribution is 6.04. The van der Waals surface area contributed by atoms with E-state index in [1.165, 1.54) is 24.3 Å². The first kappa shape index (κ1) is 20.9. The lowest BCUT2D eigenvalue weighted by molar-refractivity contribution is 0.0532. The minimum atomic E-state index is -0.963. The standard InChI is InChI=1S/C22H20FN3O4/c1-22(2,3)30-21(29)26-18(14-9-11-16(23)12-10-14)24-13-17(20(26)28)25-19(27)15-7-5-4-6-8-15/h4-13H,1-3H3,(H,25,27). The van der Waals surface area contributed by atoms with Gasteiger partial charge in [0, 0.05) is 11.1 Å². The molecule has 2 aromatic carbocycles. The number of benzene rings is 2. The van der Waals surface area contributed by atoms with E-state index in [2.05, 4.69) is 10.3 Å². The van der Waals surface area contributed by atoms with Crippen LogP contribution in [-0.4, -0.2) is 27.2 Å². The lowest BCUT2D eigenvalue weighted by atomic mass is 10.2. The molecule has 8 heteroatoms. The van der Waals surface area contributed by atoms with E-state index in [0.717, 1.165) is 10.8 Å². The van der Waals surface area contributed by atoms with Gasteiger partial charge in [0.2, 0.25) is 0 Å². The SMILES string of the molecule is CC(C)(C)OC(=O)n1c(-c2ccc(F)cc2)ncc(NC(=O)c2ccccc2)c1=O. The number of carbonyl (C=O) groups is 2. The largest absolute Gasteiger partial charge is 0.443 e. The van der Waals surface area contributed by atoms with Crippen LogP contribution in [0.3, 0.4) is 0 Å². The van der Waals surface area contributed by atoms with Gasteiger partial charge in [0.1, 0.15) is 17.1 Å². The van der Waals surface area contributed by atoms with Gasteiger partial charge in [-0.25, -0.2) is 14.2 Å². The topological polar surface area (TPSA) is 90.3 Å². The summed E-state index contributed by atoms with van der Waals surface area (Å²) < 4.78 is 19.4. The van der Waals surface area contributed by atoms with Gasteiger partial charge in [-0.2, -0.15) is 4.57 Å². The Morgan fingerprint density at radius 3 is 2.27 bits per heavy atom. The molecular formula is C22H20FN3O4. The summed E-state index contributed by atoms with van der Waals surface area (Å²) >= 11 is 0. The normalized spacial score (nSPS) is 11.1. The molecular weight excluding hydrogens is 389 g/mol. The van der Waals surface area contributed by atoms with Crippen LogP contribution in [0, 0.1) is 5.82 Å². The van der Waals surface area contributed by atoms with Crippen molar-refractivity contribution < 1.29 is 18.7 Å². The second-order valence-corrected chi connectivity index (χ2v) is 7.44. The zero-order chi connectivity index (χ0) is 21.9. The highest BCUT2D eigenvalue weighted by Crippen LogP contribution is 2.19. The van der Waals surface area contributed by atoms with Crippen molar-refractivity contribution in [2.75, 3.05) is 5.32 Å². The van der Waals surface area contributed by atoms with E-state index in [-0.39, 0.29) is 11.5 Å². The third-order valence-corrected chi connectivity index (χ3v) is 3.92. The molecule has 3 rings (SSSR count). The van der Waals surface area contributed by atoms with E-state index in [4.69, 9.17) is 4.74 Å². The monoisotopic (exact) mass is 409 g/mol. The molecule has 1 N–H and O–H groups in total. The molecule has 0 saturated heterocycles. The van der Waals surface area contributed by atoms with Gasteiger partial charge in [0.05, 0.1) is 6.20 Å². The predicted molar refractivity (Wildman–Crippen MR) is 110 cm³/mol. The Bertz CT molecular complexity index is 1130. The van der Waals surface area contributed by atoms with Crippen LogP contribution in [0.2, 0.25) is 0 Å². The molecule has 1 heterocycles. The number of ether oxygens (including phenoxy) is 1. The zero-order valence-electron chi connectivity index (χ0n) is 16.7. The maximum Gasteiger partial charge on any atom is 0.423 e. The lowest BCUT2D eigenvalue weighted by Gasteiger charge is -2.21. The summed E-state index contributed by atoms with van der Waals surface area (Å²) in [5, 5.41) is 2.47. The van der Waals surface area contributed by atoms with E-state index in [1.807, 2.05) is 0 Å². The summed E-state index contributed by atoms with van der Waals surface area (Å²) in [6.45, 7) is 4.96. The average Bonchev–Trinajstić information content (AvgIpc) is 2.69. The predicted octanol–water partition coefficient (Wildman–Crippen LogP) is 4.08. The highest BCUT2D eigenvalue weighted by atomic mass is 19.1. The second-order valence-electron chi connectivity index (χ2n) is 7.44. The Kier molecular flexibility index (Phi) is 5.77. The number of halogens is 1. The minimum Gasteiger partial charge on any atom is -0.443 e. The van der Waals surface area contributed by atoms with Gasteiger partial charge in [-0.05, 0) is 57.2 Å². The van der Waals surface area contributed by atoms with Crippen LogP contribution < -0.4 is 10.9 Å². The number of amides is 1. The molecule has 0 aliphatic heterocycles. The van der Waals surface area contributed by atoms with E-state index in [1.54, 1.807) is 51.1 Å². The maximum absolute atomic E-state index is 13.3. The Balaban J connectivity index is 2.07. The quantitative estimate of drug-likeness (QED) is 0.704. The van der Waals surface area contributed by atoms with E-state index >= 15 is 0 Å². The van der Waals surface area contributed by atoms with Crippen LogP contribution in [-0.2, 0) is 4.74 Å². The zero-order valence-corrected chi connectivity index (χ0v) is 16.7. The van der Waals surface area contributed by atoms with E-state index in [0.29, 0.717) is 11.1 Å². The summed E-state index contributed by atoms with van der Waals surface area (Å²) in [6, 6.07) is 13.4. The summed E-state index contributed by atoms with van der Waals surface area (Å²) in [5.74, 6) is -1.04. The molecule has 1 aromatic heterocycles. The Hall–Kier alpha value is -3.81. The van der Waals surface area contributed by atoms with Gasteiger partial charge in [-0.1, -0.05) is 18.2 Å². The smallest absolute Gasteiger partial charge is 0.423 e. The van der Waals surface area contributed by atoms with Crippen molar-refractivity contribution in [1.29, 1.82) is 0 Å². The van der Waals surface area contributed by atoms with Gasteiger partial charge in [0.25, 0.3) is 11.5 Å². The third kappa shape index (κ3) is 4.78. The van der Waals surface area contributed by atoms with Crippen molar-refractivity contribution in [2.45, 2.75) is 26.4 Å². The molecule has 30 heavy (non-hydrogen) atoms. The van der Waals surface area contributed by atoms with Gasteiger partial charge >= 0.3 is 6.09 Å². The van der Waals surface area contributed by atoms with Gasteiger partial charge in [0.15, 0.2) is 5.82 Å². The van der Waals surface area contributed by atoms with Crippen LogP contribution in [0.5, 0.6) is 0 Å². The molecule has 0 fully saturated rings. The molecule has 0 unspecified atom stereocenters. The molecule has 154 valence electrons. The summed E-state index contributed by atoms with van der Waals surface area (Å²) in [5.41, 5.74) is -1.22. The third-order valence-electron chi connectivity index (χ3n) is 3.92. The van der Waals surface area contributed by atoms with Crippen molar-refractivity contribution in [1.82, 2.24) is 9.55 Å². The fourth-order valence-corrected chi connectivity index (χ4v) is 2.60. The second kappa shape index (κ2) is 8.28. The molecule has 0 bridgehead atoms. The first-order valence-electron chi connectivity index (χ1n) is 9.13. The average molecular weight is 409 g/mol. The van der Waals surface area contributed by atoms with Crippen molar-refractivity contribution >= 4 is 17.7 Å². The van der Waals surface area contributed by atoms with Crippen molar-refractivity contribution in [2.24, 2.45) is 0 Å². The van der Waals surface area contributed by atoms with Crippen molar-refractivity contribution in [3.8, 4) is 11.4 Å².